The Kier molecular flexibility index (Phi) is 6.03. The predicted molar refractivity (Wildman–Crippen MR) is 124 cm³/mol. The molecule has 4 aromatic rings. The van der Waals surface area contributed by atoms with E-state index in [1.54, 1.807) is 35.4 Å². The molecule has 2 heterocycles. The molecule has 2 aromatic heterocycles. The summed E-state index contributed by atoms with van der Waals surface area (Å²) in [5.41, 5.74) is 3.25. The highest BCUT2D eigenvalue weighted by Crippen LogP contribution is 2.30. The maximum atomic E-state index is 10.3. The second-order valence-corrected chi connectivity index (χ2v) is 8.58. The highest BCUT2D eigenvalue weighted by Gasteiger charge is 2.09. The molecular weight excluding hydrogens is 516 g/mol. The lowest BCUT2D eigenvalue weighted by molar-refractivity contribution is 0.471. The number of hydrogen-bond donors (Lipinski definition) is 1. The van der Waals surface area contributed by atoms with Crippen molar-refractivity contribution < 1.29 is 5.11 Å². The molecule has 0 aliphatic heterocycles. The average molecular weight is 530 g/mol. The zero-order chi connectivity index (χ0) is 20.2. The van der Waals surface area contributed by atoms with E-state index in [0.29, 0.717) is 14.8 Å². The number of pyridine rings is 1. The van der Waals surface area contributed by atoms with Gasteiger partial charge in [0.1, 0.15) is 5.75 Å². The van der Waals surface area contributed by atoms with Crippen molar-refractivity contribution in [1.82, 2.24) is 9.66 Å². The Bertz CT molecular complexity index is 1230. The fourth-order valence-electron chi connectivity index (χ4n) is 2.63. The Hall–Kier alpha value is -2.55. The van der Waals surface area contributed by atoms with Crippen LogP contribution in [0.4, 0.5) is 5.69 Å². The number of halogens is 2. The van der Waals surface area contributed by atoms with Gasteiger partial charge in [-0.3, -0.25) is 4.98 Å². The molecule has 144 valence electrons. The number of phenols is 1. The van der Waals surface area contributed by atoms with Gasteiger partial charge in [-0.1, -0.05) is 46.3 Å². The van der Waals surface area contributed by atoms with E-state index in [2.05, 4.69) is 46.9 Å². The molecule has 0 radical (unpaired) electrons. The lowest BCUT2D eigenvalue weighted by Crippen LogP contribution is -2.11. The van der Waals surface area contributed by atoms with Crippen molar-refractivity contribution in [3.63, 3.8) is 0 Å². The predicted octanol–water partition coefficient (Wildman–Crippen LogP) is 5.96. The van der Waals surface area contributed by atoms with Gasteiger partial charge in [-0.15, -0.1) is 11.3 Å². The van der Waals surface area contributed by atoms with E-state index in [1.807, 2.05) is 47.8 Å². The Morgan fingerprint density at radius 1 is 1.07 bits per heavy atom. The maximum Gasteiger partial charge on any atom is 0.211 e. The number of hydrogen-bond acceptors (Lipinski definition) is 5. The summed E-state index contributed by atoms with van der Waals surface area (Å²) >= 11 is 8.28. The largest absolute Gasteiger partial charge is 0.506 e. The van der Waals surface area contributed by atoms with Crippen molar-refractivity contribution in [3.8, 4) is 17.0 Å². The summed E-state index contributed by atoms with van der Waals surface area (Å²) in [5, 5.41) is 17.0. The summed E-state index contributed by atoms with van der Waals surface area (Å²) in [6.07, 6.45) is 5.03. The molecule has 0 amide bonds. The second-order valence-electron chi connectivity index (χ2n) is 5.97. The van der Waals surface area contributed by atoms with Gasteiger partial charge in [-0.2, -0.15) is 5.10 Å². The molecule has 0 saturated heterocycles. The van der Waals surface area contributed by atoms with E-state index in [9.17, 15) is 5.11 Å². The van der Waals surface area contributed by atoms with Crippen LogP contribution in [0.3, 0.4) is 0 Å². The normalized spacial score (nSPS) is 12.0. The molecule has 2 aromatic carbocycles. The van der Waals surface area contributed by atoms with E-state index in [-0.39, 0.29) is 5.75 Å². The molecule has 0 unspecified atom stereocenters. The van der Waals surface area contributed by atoms with E-state index in [4.69, 9.17) is 0 Å². The molecule has 8 heteroatoms. The van der Waals surface area contributed by atoms with Gasteiger partial charge in [0, 0.05) is 27.2 Å². The van der Waals surface area contributed by atoms with Crippen molar-refractivity contribution in [2.75, 3.05) is 0 Å². The summed E-state index contributed by atoms with van der Waals surface area (Å²) < 4.78 is 3.19. The summed E-state index contributed by atoms with van der Waals surface area (Å²) in [6, 6.07) is 17.3. The van der Waals surface area contributed by atoms with Crippen LogP contribution in [0.5, 0.6) is 5.75 Å². The summed E-state index contributed by atoms with van der Waals surface area (Å²) in [5.74, 6) is 0.125. The standard InChI is InChI=1S/C21H14Br2N4OS/c22-16-9-15(20(28)18(23)10-16)11-25-27-19(14-5-2-1-3-6-14)13-29-21(27)26-17-7-4-8-24-12-17/h1-13,28H. The Morgan fingerprint density at radius 3 is 2.66 bits per heavy atom. The summed E-state index contributed by atoms with van der Waals surface area (Å²) in [4.78, 5) is 9.50. The molecule has 1 N–H and O–H groups in total. The lowest BCUT2D eigenvalue weighted by atomic mass is 10.2. The molecule has 0 aliphatic rings. The first-order valence-corrected chi connectivity index (χ1v) is 11.0. The molecule has 5 nitrogen and oxygen atoms in total. The van der Waals surface area contributed by atoms with Crippen LogP contribution in [0.15, 0.2) is 91.4 Å². The first-order chi connectivity index (χ1) is 14.1. The second kappa shape index (κ2) is 8.86. The Balaban J connectivity index is 1.86. The third-order valence-corrected chi connectivity index (χ3v) is 5.87. The third kappa shape index (κ3) is 4.55. The smallest absolute Gasteiger partial charge is 0.211 e. The number of thiazole rings is 1. The molecule has 4 rings (SSSR count). The van der Waals surface area contributed by atoms with Crippen molar-refractivity contribution in [2.24, 2.45) is 10.1 Å². The fourth-order valence-corrected chi connectivity index (χ4v) is 4.75. The highest BCUT2D eigenvalue weighted by molar-refractivity contribution is 9.11. The zero-order valence-corrected chi connectivity index (χ0v) is 18.9. The van der Waals surface area contributed by atoms with Crippen LogP contribution in [0.2, 0.25) is 0 Å². The number of nitrogens with zero attached hydrogens (tertiary/aromatic N) is 4. The molecule has 29 heavy (non-hydrogen) atoms. The van der Waals surface area contributed by atoms with Gasteiger partial charge in [0.05, 0.1) is 28.3 Å². The van der Waals surface area contributed by atoms with Gasteiger partial charge >= 0.3 is 0 Å². The average Bonchev–Trinajstić information content (AvgIpc) is 3.13. The van der Waals surface area contributed by atoms with Crippen LogP contribution in [-0.2, 0) is 0 Å². The Labute approximate surface area is 188 Å². The fraction of sp³-hybridized carbons (Fsp3) is 0. The molecule has 0 bridgehead atoms. The number of benzene rings is 2. The highest BCUT2D eigenvalue weighted by atomic mass is 79.9. The number of rotatable bonds is 4. The minimum Gasteiger partial charge on any atom is -0.506 e. The van der Waals surface area contributed by atoms with Gasteiger partial charge in [0.15, 0.2) is 0 Å². The van der Waals surface area contributed by atoms with Crippen molar-refractivity contribution in [2.45, 2.75) is 0 Å². The molecule has 0 saturated carbocycles. The molecule has 0 fully saturated rings. The SMILES string of the molecule is Oc1c(Br)cc(Br)cc1C=Nn1c(-c2ccccc2)csc1=Nc1cccnc1. The first kappa shape index (κ1) is 19.8. The molecular formula is C21H14Br2N4OS. The van der Waals surface area contributed by atoms with E-state index < -0.39 is 0 Å². The van der Waals surface area contributed by atoms with E-state index in [0.717, 1.165) is 21.4 Å². The number of aromatic nitrogens is 2. The van der Waals surface area contributed by atoms with Gasteiger partial charge in [-0.25, -0.2) is 9.67 Å². The molecule has 0 aliphatic carbocycles. The van der Waals surface area contributed by atoms with E-state index in [1.165, 1.54) is 11.3 Å². The lowest BCUT2D eigenvalue weighted by Gasteiger charge is -2.05. The quantitative estimate of drug-likeness (QED) is 0.332. The van der Waals surface area contributed by atoms with Crippen LogP contribution >= 0.6 is 43.2 Å². The Morgan fingerprint density at radius 2 is 1.90 bits per heavy atom. The van der Waals surface area contributed by atoms with E-state index >= 15 is 0 Å². The van der Waals surface area contributed by atoms with Gasteiger partial charge in [0.25, 0.3) is 0 Å². The summed E-state index contributed by atoms with van der Waals surface area (Å²) in [7, 11) is 0. The van der Waals surface area contributed by atoms with Gasteiger partial charge in [-0.05, 0) is 40.2 Å². The van der Waals surface area contributed by atoms with Crippen LogP contribution in [-0.4, -0.2) is 21.0 Å². The van der Waals surface area contributed by atoms with Crippen molar-refractivity contribution >= 4 is 55.1 Å². The van der Waals surface area contributed by atoms with Crippen molar-refractivity contribution in [3.05, 3.63) is 91.7 Å². The van der Waals surface area contributed by atoms with Crippen molar-refractivity contribution in [1.29, 1.82) is 0 Å². The van der Waals surface area contributed by atoms with Gasteiger partial charge < -0.3 is 5.11 Å². The topological polar surface area (TPSA) is 62.8 Å². The van der Waals surface area contributed by atoms with Crippen LogP contribution in [0.1, 0.15) is 5.56 Å². The molecule has 0 atom stereocenters. The monoisotopic (exact) mass is 528 g/mol. The summed E-state index contributed by atoms with van der Waals surface area (Å²) in [6.45, 7) is 0. The minimum atomic E-state index is 0.125. The first-order valence-electron chi connectivity index (χ1n) is 8.55. The maximum absolute atomic E-state index is 10.3. The third-order valence-electron chi connectivity index (χ3n) is 4.00. The van der Waals surface area contributed by atoms with Crippen LogP contribution < -0.4 is 4.80 Å². The molecule has 0 spiro atoms. The van der Waals surface area contributed by atoms with Gasteiger partial charge in [0.2, 0.25) is 4.80 Å². The zero-order valence-electron chi connectivity index (χ0n) is 14.9. The number of phenolic OH excluding ortho intramolecular Hbond substituents is 1. The number of aromatic hydroxyl groups is 1. The minimum absolute atomic E-state index is 0.125. The van der Waals surface area contributed by atoms with Crippen LogP contribution in [0.25, 0.3) is 11.3 Å². The van der Waals surface area contributed by atoms with Crippen LogP contribution in [0, 0.1) is 0 Å².